The third kappa shape index (κ3) is 5.73. The molecule has 3 rings (SSSR count). The fourth-order valence-corrected chi connectivity index (χ4v) is 3.78. The number of hydrogen-bond acceptors (Lipinski definition) is 5. The molecule has 0 heterocycles. The lowest BCUT2D eigenvalue weighted by atomic mass is 10.2. The van der Waals surface area contributed by atoms with E-state index in [1.807, 2.05) is 13.0 Å². The summed E-state index contributed by atoms with van der Waals surface area (Å²) in [4.78, 5) is 11.7. The van der Waals surface area contributed by atoms with E-state index in [-0.39, 0.29) is 12.3 Å². The highest BCUT2D eigenvalue weighted by atomic mass is 32.2. The normalized spacial score (nSPS) is 11.0. The van der Waals surface area contributed by atoms with E-state index >= 15 is 0 Å². The average molecular weight is 462 g/mol. The van der Waals surface area contributed by atoms with Crippen LogP contribution in [0.5, 0.6) is 11.5 Å². The number of halogens is 2. The van der Waals surface area contributed by atoms with Crippen LogP contribution in [0.15, 0.2) is 65.6 Å². The van der Waals surface area contributed by atoms with E-state index in [4.69, 9.17) is 9.47 Å². The SMILES string of the molecule is COc1cc(C)ccc1OCC(=O)Nc1ccc(NS(=O)(=O)c2ccc(F)c(F)c2)cc1. The first kappa shape index (κ1) is 23.0. The number of rotatable bonds is 8. The summed E-state index contributed by atoms with van der Waals surface area (Å²) in [6.45, 7) is 1.64. The average Bonchev–Trinajstić information content (AvgIpc) is 2.75. The number of carbonyl (C=O) groups excluding carboxylic acids is 1. The first-order chi connectivity index (χ1) is 15.2. The molecule has 1 amide bonds. The van der Waals surface area contributed by atoms with E-state index in [0.29, 0.717) is 23.3 Å². The van der Waals surface area contributed by atoms with Crippen molar-refractivity contribution in [2.75, 3.05) is 23.8 Å². The lowest BCUT2D eigenvalue weighted by molar-refractivity contribution is -0.118. The minimum absolute atomic E-state index is 0.174. The van der Waals surface area contributed by atoms with Gasteiger partial charge in [0, 0.05) is 11.4 Å². The van der Waals surface area contributed by atoms with Crippen LogP contribution in [-0.4, -0.2) is 28.0 Å². The smallest absolute Gasteiger partial charge is 0.262 e. The summed E-state index contributed by atoms with van der Waals surface area (Å²) in [6, 6.07) is 13.4. The van der Waals surface area contributed by atoms with E-state index in [2.05, 4.69) is 10.0 Å². The standard InChI is InChI=1S/C22H20F2N2O5S/c1-14-3-10-20(21(11-14)30-2)31-13-22(27)25-15-4-6-16(7-5-15)26-32(28,29)17-8-9-18(23)19(24)12-17/h3-12,26H,13H2,1-2H3,(H,25,27). The summed E-state index contributed by atoms with van der Waals surface area (Å²) >= 11 is 0. The number of aryl methyl sites for hydroxylation is 1. The molecular formula is C22H20F2N2O5S. The fraction of sp³-hybridized carbons (Fsp3) is 0.136. The molecule has 0 atom stereocenters. The quantitative estimate of drug-likeness (QED) is 0.526. The zero-order valence-electron chi connectivity index (χ0n) is 17.2. The molecule has 3 aromatic carbocycles. The monoisotopic (exact) mass is 462 g/mol. The molecule has 0 saturated carbocycles. The predicted octanol–water partition coefficient (Wildman–Crippen LogP) is 4.10. The first-order valence-corrected chi connectivity index (χ1v) is 10.8. The number of anilines is 2. The largest absolute Gasteiger partial charge is 0.493 e. The van der Waals surface area contributed by atoms with Gasteiger partial charge in [0.2, 0.25) is 0 Å². The summed E-state index contributed by atoms with van der Waals surface area (Å²) < 4.78 is 64.0. The maximum atomic E-state index is 13.3. The minimum atomic E-state index is -4.11. The number of methoxy groups -OCH3 is 1. The summed E-state index contributed by atoms with van der Waals surface area (Å²) in [5.41, 5.74) is 1.57. The van der Waals surface area contributed by atoms with Crippen molar-refractivity contribution in [2.45, 2.75) is 11.8 Å². The van der Waals surface area contributed by atoms with Gasteiger partial charge in [0.25, 0.3) is 15.9 Å². The van der Waals surface area contributed by atoms with Gasteiger partial charge in [-0.3, -0.25) is 9.52 Å². The Morgan fingerprint density at radius 2 is 1.59 bits per heavy atom. The van der Waals surface area contributed by atoms with Crippen LogP contribution in [0.1, 0.15) is 5.56 Å². The van der Waals surface area contributed by atoms with Crippen LogP contribution in [-0.2, 0) is 14.8 Å². The highest BCUT2D eigenvalue weighted by Gasteiger charge is 2.17. The fourth-order valence-electron chi connectivity index (χ4n) is 2.71. The van der Waals surface area contributed by atoms with Gasteiger partial charge in [-0.25, -0.2) is 17.2 Å². The minimum Gasteiger partial charge on any atom is -0.493 e. The molecule has 168 valence electrons. The van der Waals surface area contributed by atoms with Gasteiger partial charge in [-0.15, -0.1) is 0 Å². The maximum absolute atomic E-state index is 13.3. The van der Waals surface area contributed by atoms with Gasteiger partial charge in [0.05, 0.1) is 12.0 Å². The second-order valence-corrected chi connectivity index (χ2v) is 8.43. The van der Waals surface area contributed by atoms with Crippen LogP contribution in [0, 0.1) is 18.6 Å². The predicted molar refractivity (Wildman–Crippen MR) is 115 cm³/mol. The Labute approximate surface area is 184 Å². The first-order valence-electron chi connectivity index (χ1n) is 9.33. The Hall–Kier alpha value is -3.66. The zero-order valence-corrected chi connectivity index (χ0v) is 18.0. The number of hydrogen-bond donors (Lipinski definition) is 2. The number of carbonyl (C=O) groups is 1. The molecule has 0 aromatic heterocycles. The summed E-state index contributed by atoms with van der Waals surface area (Å²) in [5, 5.41) is 2.62. The molecule has 10 heteroatoms. The topological polar surface area (TPSA) is 93.7 Å². The third-order valence-electron chi connectivity index (χ3n) is 4.30. The molecule has 0 fully saturated rings. The van der Waals surface area contributed by atoms with Crippen LogP contribution in [0.4, 0.5) is 20.2 Å². The van der Waals surface area contributed by atoms with Gasteiger partial charge in [-0.05, 0) is 67.1 Å². The van der Waals surface area contributed by atoms with Crippen molar-refractivity contribution in [3.8, 4) is 11.5 Å². The number of benzene rings is 3. The molecule has 0 bridgehead atoms. The molecule has 0 aliphatic carbocycles. The molecule has 0 saturated heterocycles. The number of amides is 1. The second kappa shape index (κ2) is 9.65. The van der Waals surface area contributed by atoms with Gasteiger partial charge >= 0.3 is 0 Å². The second-order valence-electron chi connectivity index (χ2n) is 6.75. The highest BCUT2D eigenvalue weighted by molar-refractivity contribution is 7.92. The Morgan fingerprint density at radius 1 is 0.906 bits per heavy atom. The molecule has 0 radical (unpaired) electrons. The molecule has 32 heavy (non-hydrogen) atoms. The third-order valence-corrected chi connectivity index (χ3v) is 5.68. The molecular weight excluding hydrogens is 442 g/mol. The van der Waals surface area contributed by atoms with Crippen LogP contribution in [0.25, 0.3) is 0 Å². The number of ether oxygens (including phenoxy) is 2. The number of sulfonamides is 1. The zero-order chi connectivity index (χ0) is 23.3. The van der Waals surface area contributed by atoms with Gasteiger partial charge in [0.15, 0.2) is 29.7 Å². The Bertz CT molecular complexity index is 1230. The van der Waals surface area contributed by atoms with E-state index in [1.54, 1.807) is 12.1 Å². The van der Waals surface area contributed by atoms with Crippen molar-refractivity contribution >= 4 is 27.3 Å². The van der Waals surface area contributed by atoms with Crippen molar-refractivity contribution < 1.29 is 31.5 Å². The number of nitrogens with one attached hydrogen (secondary N) is 2. The van der Waals surface area contributed by atoms with Crippen molar-refractivity contribution in [1.29, 1.82) is 0 Å². The van der Waals surface area contributed by atoms with Gasteiger partial charge in [0.1, 0.15) is 0 Å². The highest BCUT2D eigenvalue weighted by Crippen LogP contribution is 2.27. The van der Waals surface area contributed by atoms with Crippen LogP contribution in [0.2, 0.25) is 0 Å². The van der Waals surface area contributed by atoms with E-state index in [0.717, 1.165) is 17.7 Å². The van der Waals surface area contributed by atoms with Crippen LogP contribution < -0.4 is 19.5 Å². The van der Waals surface area contributed by atoms with Crippen molar-refractivity contribution in [1.82, 2.24) is 0 Å². The maximum Gasteiger partial charge on any atom is 0.262 e. The lowest BCUT2D eigenvalue weighted by Crippen LogP contribution is -2.20. The Kier molecular flexibility index (Phi) is 6.94. The van der Waals surface area contributed by atoms with Crippen LogP contribution in [0.3, 0.4) is 0 Å². The van der Waals surface area contributed by atoms with E-state index in [9.17, 15) is 22.0 Å². The molecule has 0 aliphatic rings. The van der Waals surface area contributed by atoms with Gasteiger partial charge < -0.3 is 14.8 Å². The molecule has 7 nitrogen and oxygen atoms in total. The molecule has 3 aromatic rings. The summed E-state index contributed by atoms with van der Waals surface area (Å²) in [7, 11) is -2.61. The van der Waals surface area contributed by atoms with Crippen molar-refractivity contribution in [2.24, 2.45) is 0 Å². The van der Waals surface area contributed by atoms with Crippen molar-refractivity contribution in [3.05, 3.63) is 77.9 Å². The van der Waals surface area contributed by atoms with E-state index in [1.165, 1.54) is 31.4 Å². The molecule has 0 unspecified atom stereocenters. The van der Waals surface area contributed by atoms with Crippen LogP contribution >= 0.6 is 0 Å². The van der Waals surface area contributed by atoms with Gasteiger partial charge in [-0.1, -0.05) is 6.07 Å². The molecule has 0 aliphatic heterocycles. The van der Waals surface area contributed by atoms with Crippen molar-refractivity contribution in [3.63, 3.8) is 0 Å². The summed E-state index contributed by atoms with van der Waals surface area (Å²) in [5.74, 6) is -1.90. The molecule has 0 spiro atoms. The molecule has 2 N–H and O–H groups in total. The Balaban J connectivity index is 1.59. The Morgan fingerprint density at radius 3 is 2.25 bits per heavy atom. The van der Waals surface area contributed by atoms with Gasteiger partial charge in [-0.2, -0.15) is 0 Å². The van der Waals surface area contributed by atoms with E-state index < -0.39 is 32.5 Å². The lowest BCUT2D eigenvalue weighted by Gasteiger charge is -2.12. The summed E-state index contributed by atoms with van der Waals surface area (Å²) in [6.07, 6.45) is 0.